The van der Waals surface area contributed by atoms with Crippen molar-refractivity contribution >= 4 is 11.8 Å². The zero-order valence-corrected chi connectivity index (χ0v) is 9.00. The van der Waals surface area contributed by atoms with E-state index in [1.54, 1.807) is 6.08 Å². The standard InChI is InChI=1S/C10H16N2O2/c1-6(2)5-8-9(13)11-12(7(3)4)10(8)14/h5-7H,1-4H3,(H,11,13)/b8-5+. The van der Waals surface area contributed by atoms with Crippen LogP contribution in [0.15, 0.2) is 11.6 Å². The lowest BCUT2D eigenvalue weighted by atomic mass is 10.1. The fourth-order valence-electron chi connectivity index (χ4n) is 1.29. The van der Waals surface area contributed by atoms with Crippen molar-refractivity contribution < 1.29 is 9.59 Å². The first-order valence-corrected chi connectivity index (χ1v) is 4.80. The van der Waals surface area contributed by atoms with E-state index in [1.807, 2.05) is 27.7 Å². The van der Waals surface area contributed by atoms with Gasteiger partial charge >= 0.3 is 0 Å². The Bertz CT molecular complexity index is 292. The van der Waals surface area contributed by atoms with Gasteiger partial charge in [0.15, 0.2) is 0 Å². The molecule has 0 spiro atoms. The molecule has 0 atom stereocenters. The largest absolute Gasteiger partial charge is 0.277 e. The van der Waals surface area contributed by atoms with Gasteiger partial charge in [-0.2, -0.15) is 0 Å². The summed E-state index contributed by atoms with van der Waals surface area (Å²) in [6, 6.07) is -0.00971. The lowest BCUT2D eigenvalue weighted by Crippen LogP contribution is -2.41. The third-order valence-corrected chi connectivity index (χ3v) is 1.93. The highest BCUT2D eigenvalue weighted by molar-refractivity contribution is 6.22. The molecule has 1 aliphatic heterocycles. The van der Waals surface area contributed by atoms with Crippen molar-refractivity contribution in [1.29, 1.82) is 0 Å². The molecule has 2 amide bonds. The molecule has 0 aromatic heterocycles. The van der Waals surface area contributed by atoms with E-state index in [0.717, 1.165) is 0 Å². The minimum atomic E-state index is -0.294. The number of amides is 2. The Morgan fingerprint density at radius 1 is 1.21 bits per heavy atom. The topological polar surface area (TPSA) is 49.4 Å². The lowest BCUT2D eigenvalue weighted by molar-refractivity contribution is -0.130. The summed E-state index contributed by atoms with van der Waals surface area (Å²) in [4.78, 5) is 23.1. The van der Waals surface area contributed by atoms with Gasteiger partial charge in [0.05, 0.1) is 0 Å². The summed E-state index contributed by atoms with van der Waals surface area (Å²) >= 11 is 0. The van der Waals surface area contributed by atoms with Crippen LogP contribution in [0.5, 0.6) is 0 Å². The monoisotopic (exact) mass is 196 g/mol. The van der Waals surface area contributed by atoms with Gasteiger partial charge in [-0.05, 0) is 19.8 Å². The number of hydrogen-bond donors (Lipinski definition) is 1. The molecule has 0 aromatic carbocycles. The van der Waals surface area contributed by atoms with E-state index in [1.165, 1.54) is 5.01 Å². The highest BCUT2D eigenvalue weighted by Crippen LogP contribution is 2.14. The van der Waals surface area contributed by atoms with E-state index in [0.29, 0.717) is 0 Å². The number of nitrogens with one attached hydrogen (secondary N) is 1. The van der Waals surface area contributed by atoms with Crippen LogP contribution in [0.2, 0.25) is 0 Å². The highest BCUT2D eigenvalue weighted by Gasteiger charge is 2.34. The number of rotatable bonds is 2. The molecule has 1 rings (SSSR count). The first-order valence-electron chi connectivity index (χ1n) is 4.80. The van der Waals surface area contributed by atoms with Crippen LogP contribution < -0.4 is 5.43 Å². The van der Waals surface area contributed by atoms with Crippen LogP contribution in [0, 0.1) is 5.92 Å². The van der Waals surface area contributed by atoms with Crippen LogP contribution in [0.4, 0.5) is 0 Å². The van der Waals surface area contributed by atoms with Gasteiger partial charge in [0.25, 0.3) is 11.8 Å². The molecule has 14 heavy (non-hydrogen) atoms. The lowest BCUT2D eigenvalue weighted by Gasteiger charge is -2.18. The molecule has 0 saturated carbocycles. The second-order valence-electron chi connectivity index (χ2n) is 4.03. The van der Waals surface area contributed by atoms with Gasteiger partial charge in [0, 0.05) is 6.04 Å². The summed E-state index contributed by atoms with van der Waals surface area (Å²) in [5, 5.41) is 1.36. The Kier molecular flexibility index (Phi) is 2.93. The van der Waals surface area contributed by atoms with Crippen molar-refractivity contribution in [3.05, 3.63) is 11.6 Å². The average molecular weight is 196 g/mol. The number of carbonyl (C=O) groups excluding carboxylic acids is 2. The van der Waals surface area contributed by atoms with Gasteiger partial charge in [-0.15, -0.1) is 0 Å². The van der Waals surface area contributed by atoms with E-state index in [9.17, 15) is 9.59 Å². The third kappa shape index (κ3) is 1.95. The van der Waals surface area contributed by atoms with Crippen LogP contribution in [0.1, 0.15) is 27.7 Å². The fraction of sp³-hybridized carbons (Fsp3) is 0.600. The number of allylic oxidation sites excluding steroid dienone is 1. The number of hydrogen-bond acceptors (Lipinski definition) is 2. The van der Waals surface area contributed by atoms with Crippen molar-refractivity contribution in [1.82, 2.24) is 10.4 Å². The average Bonchev–Trinajstić information content (AvgIpc) is 2.31. The van der Waals surface area contributed by atoms with Gasteiger partial charge in [0.2, 0.25) is 0 Å². The van der Waals surface area contributed by atoms with E-state index >= 15 is 0 Å². The molecule has 78 valence electrons. The Hall–Kier alpha value is -1.32. The summed E-state index contributed by atoms with van der Waals surface area (Å²) in [5.41, 5.74) is 2.79. The van der Waals surface area contributed by atoms with E-state index in [2.05, 4.69) is 5.43 Å². The summed E-state index contributed by atoms with van der Waals surface area (Å²) < 4.78 is 0. The maximum Gasteiger partial charge on any atom is 0.277 e. The van der Waals surface area contributed by atoms with E-state index < -0.39 is 0 Å². The zero-order chi connectivity index (χ0) is 10.9. The van der Waals surface area contributed by atoms with Crippen LogP contribution in [-0.4, -0.2) is 22.9 Å². The van der Waals surface area contributed by atoms with Crippen molar-refractivity contribution in [3.63, 3.8) is 0 Å². The van der Waals surface area contributed by atoms with Gasteiger partial charge < -0.3 is 0 Å². The molecule has 1 saturated heterocycles. The predicted molar refractivity (Wildman–Crippen MR) is 53.0 cm³/mol. The summed E-state index contributed by atoms with van der Waals surface area (Å²) in [5.74, 6) is -0.317. The van der Waals surface area contributed by atoms with Crippen LogP contribution in [0.3, 0.4) is 0 Å². The zero-order valence-electron chi connectivity index (χ0n) is 9.00. The molecule has 1 aliphatic rings. The quantitative estimate of drug-likeness (QED) is 0.526. The van der Waals surface area contributed by atoms with Crippen LogP contribution in [-0.2, 0) is 9.59 Å². The van der Waals surface area contributed by atoms with Crippen molar-refractivity contribution in [2.75, 3.05) is 0 Å². The van der Waals surface area contributed by atoms with Crippen LogP contribution >= 0.6 is 0 Å². The Morgan fingerprint density at radius 2 is 1.79 bits per heavy atom. The molecular formula is C10H16N2O2. The fourth-order valence-corrected chi connectivity index (χ4v) is 1.29. The molecule has 1 fully saturated rings. The van der Waals surface area contributed by atoms with Gasteiger partial charge in [0.1, 0.15) is 5.57 Å². The second-order valence-corrected chi connectivity index (χ2v) is 4.03. The minimum Gasteiger partial charge on any atom is -0.267 e. The summed E-state index contributed by atoms with van der Waals surface area (Å²) in [6.45, 7) is 7.59. The summed E-state index contributed by atoms with van der Waals surface area (Å²) in [7, 11) is 0. The molecule has 0 bridgehead atoms. The molecule has 4 heteroatoms. The van der Waals surface area contributed by atoms with Gasteiger partial charge in [-0.25, -0.2) is 5.01 Å². The molecule has 0 aliphatic carbocycles. The smallest absolute Gasteiger partial charge is 0.267 e. The molecule has 4 nitrogen and oxygen atoms in total. The Morgan fingerprint density at radius 3 is 2.14 bits per heavy atom. The van der Waals surface area contributed by atoms with Crippen LogP contribution in [0.25, 0.3) is 0 Å². The van der Waals surface area contributed by atoms with Crippen molar-refractivity contribution in [3.8, 4) is 0 Å². The molecule has 0 radical (unpaired) electrons. The second kappa shape index (κ2) is 3.82. The maximum atomic E-state index is 11.7. The highest BCUT2D eigenvalue weighted by atomic mass is 16.2. The van der Waals surface area contributed by atoms with E-state index in [4.69, 9.17) is 0 Å². The molecule has 1 N–H and O–H groups in total. The SMILES string of the molecule is CC(C)/C=C1\C(=O)NN(C(C)C)C1=O. The number of carbonyl (C=O) groups is 2. The molecular weight excluding hydrogens is 180 g/mol. The number of nitrogens with zero attached hydrogens (tertiary/aromatic N) is 1. The summed E-state index contributed by atoms with van der Waals surface area (Å²) in [6.07, 6.45) is 1.69. The Labute approximate surface area is 83.9 Å². The number of hydrazine groups is 1. The predicted octanol–water partition coefficient (Wildman–Crippen LogP) is 0.851. The molecule has 0 unspecified atom stereocenters. The normalized spacial score (nSPS) is 20.1. The minimum absolute atomic E-state index is 0.00971. The first kappa shape index (κ1) is 10.8. The third-order valence-electron chi connectivity index (χ3n) is 1.93. The van der Waals surface area contributed by atoms with Crippen molar-refractivity contribution in [2.45, 2.75) is 33.7 Å². The maximum absolute atomic E-state index is 11.7. The molecule has 0 aromatic rings. The van der Waals surface area contributed by atoms with E-state index in [-0.39, 0.29) is 29.3 Å². The molecule has 1 heterocycles. The van der Waals surface area contributed by atoms with Crippen molar-refractivity contribution in [2.24, 2.45) is 5.92 Å². The van der Waals surface area contributed by atoms with Gasteiger partial charge in [-0.3, -0.25) is 15.0 Å². The van der Waals surface area contributed by atoms with Gasteiger partial charge in [-0.1, -0.05) is 19.9 Å². The first-order chi connectivity index (χ1) is 6.43. The Balaban J connectivity index is 2.92.